The predicted octanol–water partition coefficient (Wildman–Crippen LogP) is 1.39. The molecule has 8 heteroatoms. The standard InChI is InChI=1S/C10H7F3N4O/c11-10(12,13)8-3-7(1-2-15-8)17-5-6(4-16-17)9(14)18/h1-5H,(H2,14,18). The zero-order valence-electron chi connectivity index (χ0n) is 8.85. The zero-order valence-corrected chi connectivity index (χ0v) is 8.85. The summed E-state index contributed by atoms with van der Waals surface area (Å²) >= 11 is 0. The van der Waals surface area contributed by atoms with Gasteiger partial charge in [0.25, 0.3) is 5.91 Å². The molecule has 0 radical (unpaired) electrons. The summed E-state index contributed by atoms with van der Waals surface area (Å²) < 4.78 is 38.5. The van der Waals surface area contributed by atoms with Crippen LogP contribution in [0, 0.1) is 0 Å². The number of amides is 1. The molecule has 2 rings (SSSR count). The average Bonchev–Trinajstić information content (AvgIpc) is 2.77. The highest BCUT2D eigenvalue weighted by Crippen LogP contribution is 2.28. The maximum Gasteiger partial charge on any atom is 0.433 e. The van der Waals surface area contributed by atoms with Gasteiger partial charge in [-0.15, -0.1) is 0 Å². The van der Waals surface area contributed by atoms with E-state index in [1.807, 2.05) is 0 Å². The average molecular weight is 256 g/mol. The quantitative estimate of drug-likeness (QED) is 0.882. The number of alkyl halides is 3. The lowest BCUT2D eigenvalue weighted by Gasteiger charge is -2.07. The molecular weight excluding hydrogens is 249 g/mol. The molecule has 0 saturated heterocycles. The fourth-order valence-electron chi connectivity index (χ4n) is 1.31. The van der Waals surface area contributed by atoms with Gasteiger partial charge in [0.2, 0.25) is 0 Å². The van der Waals surface area contributed by atoms with Crippen molar-refractivity contribution in [2.75, 3.05) is 0 Å². The number of halogens is 3. The summed E-state index contributed by atoms with van der Waals surface area (Å²) in [6.45, 7) is 0. The van der Waals surface area contributed by atoms with Gasteiger partial charge in [0.15, 0.2) is 0 Å². The SMILES string of the molecule is NC(=O)c1cnn(-c2ccnc(C(F)(F)F)c2)c1. The van der Waals surface area contributed by atoms with E-state index in [0.29, 0.717) is 0 Å². The number of aromatic nitrogens is 3. The zero-order chi connectivity index (χ0) is 13.3. The third-order valence-corrected chi connectivity index (χ3v) is 2.17. The number of nitrogens with two attached hydrogens (primary N) is 1. The molecule has 18 heavy (non-hydrogen) atoms. The summed E-state index contributed by atoms with van der Waals surface area (Å²) in [6.07, 6.45) is -1.09. The Labute approximate surface area is 99.0 Å². The maximum atomic E-state index is 12.5. The second kappa shape index (κ2) is 4.13. The van der Waals surface area contributed by atoms with Gasteiger partial charge in [0.05, 0.1) is 17.4 Å². The number of hydrogen-bond acceptors (Lipinski definition) is 3. The molecule has 0 aliphatic rings. The Balaban J connectivity index is 2.41. The molecule has 5 nitrogen and oxygen atoms in total. The smallest absolute Gasteiger partial charge is 0.366 e. The second-order valence-electron chi connectivity index (χ2n) is 3.43. The van der Waals surface area contributed by atoms with Crippen LogP contribution in [0.2, 0.25) is 0 Å². The highest BCUT2D eigenvalue weighted by atomic mass is 19.4. The van der Waals surface area contributed by atoms with E-state index in [9.17, 15) is 18.0 Å². The molecule has 2 heterocycles. The summed E-state index contributed by atoms with van der Waals surface area (Å²) in [5, 5.41) is 3.75. The summed E-state index contributed by atoms with van der Waals surface area (Å²) in [4.78, 5) is 14.1. The van der Waals surface area contributed by atoms with Gasteiger partial charge in [0.1, 0.15) is 5.69 Å². The maximum absolute atomic E-state index is 12.5. The van der Waals surface area contributed by atoms with E-state index in [1.165, 1.54) is 18.5 Å². The van der Waals surface area contributed by atoms with Gasteiger partial charge >= 0.3 is 6.18 Å². The summed E-state index contributed by atoms with van der Waals surface area (Å²) in [5.41, 5.74) is 4.24. The molecule has 0 fully saturated rings. The van der Waals surface area contributed by atoms with Crippen LogP contribution in [0.15, 0.2) is 30.7 Å². The topological polar surface area (TPSA) is 73.8 Å². The fourth-order valence-corrected chi connectivity index (χ4v) is 1.31. The number of carbonyl (C=O) groups is 1. The third kappa shape index (κ3) is 2.31. The Morgan fingerprint density at radius 3 is 2.67 bits per heavy atom. The summed E-state index contributed by atoms with van der Waals surface area (Å²) in [6, 6.07) is 2.17. The molecule has 2 aromatic rings. The van der Waals surface area contributed by atoms with Gasteiger partial charge in [-0.3, -0.25) is 9.78 Å². The van der Waals surface area contributed by atoms with Gasteiger partial charge in [-0.05, 0) is 12.1 Å². The molecule has 94 valence electrons. The van der Waals surface area contributed by atoms with Crippen molar-refractivity contribution in [2.24, 2.45) is 5.73 Å². The summed E-state index contributed by atoms with van der Waals surface area (Å²) in [7, 11) is 0. The van der Waals surface area contributed by atoms with Crippen LogP contribution in [0.4, 0.5) is 13.2 Å². The van der Waals surface area contributed by atoms with Crippen LogP contribution in [0.3, 0.4) is 0 Å². The van der Waals surface area contributed by atoms with E-state index in [-0.39, 0.29) is 11.3 Å². The normalized spacial score (nSPS) is 11.5. The van der Waals surface area contributed by atoms with Crippen LogP contribution in [-0.2, 0) is 6.18 Å². The van der Waals surface area contributed by atoms with E-state index < -0.39 is 17.8 Å². The number of rotatable bonds is 2. The van der Waals surface area contributed by atoms with Crippen LogP contribution in [-0.4, -0.2) is 20.7 Å². The number of hydrogen-bond donors (Lipinski definition) is 1. The molecule has 0 unspecified atom stereocenters. The predicted molar refractivity (Wildman–Crippen MR) is 54.9 cm³/mol. The van der Waals surface area contributed by atoms with E-state index in [2.05, 4.69) is 10.1 Å². The molecule has 0 atom stereocenters. The van der Waals surface area contributed by atoms with Crippen LogP contribution < -0.4 is 5.73 Å². The first-order valence-corrected chi connectivity index (χ1v) is 4.76. The van der Waals surface area contributed by atoms with Crippen molar-refractivity contribution in [3.63, 3.8) is 0 Å². The minimum Gasteiger partial charge on any atom is -0.366 e. The minimum atomic E-state index is -4.53. The van der Waals surface area contributed by atoms with Crippen LogP contribution in [0.1, 0.15) is 16.1 Å². The van der Waals surface area contributed by atoms with Crippen molar-refractivity contribution in [3.05, 3.63) is 42.0 Å². The van der Waals surface area contributed by atoms with Crippen molar-refractivity contribution < 1.29 is 18.0 Å². The Hall–Kier alpha value is -2.38. The molecule has 2 aromatic heterocycles. The van der Waals surface area contributed by atoms with E-state index >= 15 is 0 Å². The number of pyridine rings is 1. The van der Waals surface area contributed by atoms with Gasteiger partial charge < -0.3 is 5.73 Å². The van der Waals surface area contributed by atoms with E-state index in [4.69, 9.17) is 5.73 Å². The lowest BCUT2D eigenvalue weighted by atomic mass is 10.3. The van der Waals surface area contributed by atoms with E-state index in [0.717, 1.165) is 16.9 Å². The number of primary amides is 1. The van der Waals surface area contributed by atoms with Crippen molar-refractivity contribution in [1.29, 1.82) is 0 Å². The van der Waals surface area contributed by atoms with Crippen LogP contribution in [0.5, 0.6) is 0 Å². The lowest BCUT2D eigenvalue weighted by Crippen LogP contribution is -2.10. The highest BCUT2D eigenvalue weighted by Gasteiger charge is 2.32. The minimum absolute atomic E-state index is 0.111. The molecule has 0 aromatic carbocycles. The second-order valence-corrected chi connectivity index (χ2v) is 3.43. The first kappa shape index (κ1) is 12.1. The first-order chi connectivity index (χ1) is 8.38. The molecule has 0 spiro atoms. The Kier molecular flexibility index (Phi) is 2.77. The van der Waals surface area contributed by atoms with Gasteiger partial charge in [-0.2, -0.15) is 18.3 Å². The monoisotopic (exact) mass is 256 g/mol. The molecule has 0 bridgehead atoms. The van der Waals surface area contributed by atoms with Gasteiger partial charge in [-0.1, -0.05) is 0 Å². The van der Waals surface area contributed by atoms with Crippen molar-refractivity contribution in [3.8, 4) is 5.69 Å². The van der Waals surface area contributed by atoms with Crippen molar-refractivity contribution in [2.45, 2.75) is 6.18 Å². The van der Waals surface area contributed by atoms with Gasteiger partial charge in [-0.25, -0.2) is 4.68 Å². The molecule has 0 aliphatic heterocycles. The van der Waals surface area contributed by atoms with Crippen LogP contribution >= 0.6 is 0 Å². The third-order valence-electron chi connectivity index (χ3n) is 2.17. The Bertz CT molecular complexity index is 591. The number of nitrogens with zero attached hydrogens (tertiary/aromatic N) is 3. The van der Waals surface area contributed by atoms with E-state index in [1.54, 1.807) is 0 Å². The van der Waals surface area contributed by atoms with Crippen molar-refractivity contribution in [1.82, 2.24) is 14.8 Å². The Morgan fingerprint density at radius 2 is 2.11 bits per heavy atom. The molecular formula is C10H7F3N4O. The summed E-state index contributed by atoms with van der Waals surface area (Å²) in [5.74, 6) is -0.702. The molecule has 0 saturated carbocycles. The van der Waals surface area contributed by atoms with Gasteiger partial charge in [0, 0.05) is 12.4 Å². The van der Waals surface area contributed by atoms with Crippen LogP contribution in [0.25, 0.3) is 5.69 Å². The first-order valence-electron chi connectivity index (χ1n) is 4.76. The lowest BCUT2D eigenvalue weighted by molar-refractivity contribution is -0.141. The molecule has 2 N–H and O–H groups in total. The largest absolute Gasteiger partial charge is 0.433 e. The molecule has 1 amide bonds. The number of carbonyl (C=O) groups excluding carboxylic acids is 1. The Morgan fingerprint density at radius 1 is 1.39 bits per heavy atom. The highest BCUT2D eigenvalue weighted by molar-refractivity contribution is 5.92. The van der Waals surface area contributed by atoms with Crippen molar-refractivity contribution >= 4 is 5.91 Å². The molecule has 0 aliphatic carbocycles. The fraction of sp³-hybridized carbons (Fsp3) is 0.100.